The summed E-state index contributed by atoms with van der Waals surface area (Å²) < 4.78 is 1.00. The van der Waals surface area contributed by atoms with Crippen LogP contribution < -0.4 is 5.32 Å². The van der Waals surface area contributed by atoms with E-state index in [2.05, 4.69) is 60.8 Å². The predicted octanol–water partition coefficient (Wildman–Crippen LogP) is 5.00. The second-order valence-electron chi connectivity index (χ2n) is 8.31. The van der Waals surface area contributed by atoms with Gasteiger partial charge in [0, 0.05) is 33.7 Å². The number of nitrogens with one attached hydrogen (secondary N) is 1. The van der Waals surface area contributed by atoms with E-state index >= 15 is 0 Å². The Morgan fingerprint density at radius 3 is 2.21 bits per heavy atom. The first-order chi connectivity index (χ1) is 11.1. The number of halogens is 1. The van der Waals surface area contributed by atoms with E-state index in [1.165, 1.54) is 0 Å². The zero-order valence-electron chi connectivity index (χ0n) is 15.7. The molecule has 3 nitrogen and oxygen atoms in total. The first kappa shape index (κ1) is 19.5. The molecule has 0 aliphatic carbocycles. The zero-order chi connectivity index (χ0) is 18.0. The van der Waals surface area contributed by atoms with Crippen molar-refractivity contribution in [2.75, 3.05) is 6.54 Å². The highest BCUT2D eigenvalue weighted by atomic mass is 79.9. The van der Waals surface area contributed by atoms with E-state index in [1.54, 1.807) is 0 Å². The zero-order valence-corrected chi connectivity index (χ0v) is 17.2. The fourth-order valence-corrected chi connectivity index (χ4v) is 4.29. The molecule has 0 unspecified atom stereocenters. The van der Waals surface area contributed by atoms with E-state index < -0.39 is 0 Å². The third-order valence-corrected chi connectivity index (χ3v) is 5.24. The highest BCUT2D eigenvalue weighted by molar-refractivity contribution is 9.10. The van der Waals surface area contributed by atoms with E-state index in [0.29, 0.717) is 0 Å². The van der Waals surface area contributed by atoms with Crippen molar-refractivity contribution in [1.82, 2.24) is 10.2 Å². The molecule has 4 heteroatoms. The summed E-state index contributed by atoms with van der Waals surface area (Å²) in [4.78, 5) is 15.3. The maximum Gasteiger partial charge on any atom is 0.254 e. The van der Waals surface area contributed by atoms with Crippen LogP contribution in [0.25, 0.3) is 0 Å². The molecule has 1 saturated heterocycles. The Balaban J connectivity index is 2.26. The second-order valence-corrected chi connectivity index (χ2v) is 9.23. The van der Waals surface area contributed by atoms with Gasteiger partial charge in [0.15, 0.2) is 0 Å². The molecule has 0 atom stereocenters. The summed E-state index contributed by atoms with van der Waals surface area (Å²) in [5.41, 5.74) is 0.858. The van der Waals surface area contributed by atoms with Gasteiger partial charge in [0.25, 0.3) is 5.91 Å². The standard InChI is InChI=1S/C20H31BrN2O/c1-6-7-12-23(18(24)15-8-10-16(21)11-9-15)17-13-19(2,3)22-20(4,5)14-17/h8-11,17,22H,6-7,12-14H2,1-5H3. The minimum absolute atomic E-state index is 0.0386. The largest absolute Gasteiger partial charge is 0.336 e. The van der Waals surface area contributed by atoms with Crippen LogP contribution in [0.3, 0.4) is 0 Å². The van der Waals surface area contributed by atoms with Gasteiger partial charge in [0.1, 0.15) is 0 Å². The van der Waals surface area contributed by atoms with E-state index in [9.17, 15) is 4.79 Å². The molecule has 0 spiro atoms. The Labute approximate surface area is 155 Å². The van der Waals surface area contributed by atoms with Gasteiger partial charge in [-0.15, -0.1) is 0 Å². The van der Waals surface area contributed by atoms with Gasteiger partial charge in [-0.25, -0.2) is 0 Å². The third-order valence-electron chi connectivity index (χ3n) is 4.71. The monoisotopic (exact) mass is 394 g/mol. The van der Waals surface area contributed by atoms with Gasteiger partial charge in [-0.3, -0.25) is 4.79 Å². The number of hydrogen-bond donors (Lipinski definition) is 1. The lowest BCUT2D eigenvalue weighted by molar-refractivity contribution is 0.0441. The van der Waals surface area contributed by atoms with Crippen LogP contribution in [0.4, 0.5) is 0 Å². The average Bonchev–Trinajstić information content (AvgIpc) is 2.45. The molecule has 24 heavy (non-hydrogen) atoms. The molecule has 1 aromatic carbocycles. The number of carbonyl (C=O) groups is 1. The Kier molecular flexibility index (Phi) is 6.14. The normalized spacial score (nSPS) is 19.9. The van der Waals surface area contributed by atoms with Crippen LogP contribution >= 0.6 is 15.9 Å². The number of unbranched alkanes of at least 4 members (excludes halogenated alkanes) is 1. The summed E-state index contributed by atoms with van der Waals surface area (Å²) in [6.07, 6.45) is 4.12. The van der Waals surface area contributed by atoms with Gasteiger partial charge in [-0.05, 0) is 71.2 Å². The number of piperidine rings is 1. The Morgan fingerprint density at radius 2 is 1.71 bits per heavy atom. The van der Waals surface area contributed by atoms with Crippen LogP contribution in [0.2, 0.25) is 0 Å². The maximum atomic E-state index is 13.2. The van der Waals surface area contributed by atoms with Crippen molar-refractivity contribution in [3.8, 4) is 0 Å². The quantitative estimate of drug-likeness (QED) is 0.761. The third kappa shape index (κ3) is 5.06. The van der Waals surface area contributed by atoms with Crippen molar-refractivity contribution in [3.05, 3.63) is 34.3 Å². The second kappa shape index (κ2) is 7.57. The van der Waals surface area contributed by atoms with Crippen LogP contribution in [-0.4, -0.2) is 34.5 Å². The molecule has 0 saturated carbocycles. The molecule has 0 radical (unpaired) electrons. The smallest absolute Gasteiger partial charge is 0.254 e. The fraction of sp³-hybridized carbons (Fsp3) is 0.650. The predicted molar refractivity (Wildman–Crippen MR) is 104 cm³/mol. The molecule has 134 valence electrons. The number of rotatable bonds is 5. The van der Waals surface area contributed by atoms with Crippen molar-refractivity contribution in [2.24, 2.45) is 0 Å². The van der Waals surface area contributed by atoms with Gasteiger partial charge in [0.05, 0.1) is 0 Å². The van der Waals surface area contributed by atoms with Crippen molar-refractivity contribution in [3.63, 3.8) is 0 Å². The molecule has 1 N–H and O–H groups in total. The van der Waals surface area contributed by atoms with Crippen LogP contribution in [0.5, 0.6) is 0 Å². The van der Waals surface area contributed by atoms with Gasteiger partial charge >= 0.3 is 0 Å². The van der Waals surface area contributed by atoms with Crippen LogP contribution in [0.1, 0.15) is 70.7 Å². The molecule has 1 aliphatic rings. The van der Waals surface area contributed by atoms with Crippen molar-refractivity contribution in [2.45, 2.75) is 77.4 Å². The molecule has 1 fully saturated rings. The molecule has 1 heterocycles. The summed E-state index contributed by atoms with van der Waals surface area (Å²) in [6.45, 7) is 12.0. The first-order valence-electron chi connectivity index (χ1n) is 8.99. The molecular formula is C20H31BrN2O. The molecule has 1 amide bonds. The molecule has 2 rings (SSSR count). The van der Waals surface area contributed by atoms with Gasteiger partial charge in [-0.2, -0.15) is 0 Å². The number of carbonyl (C=O) groups excluding carboxylic acids is 1. The van der Waals surface area contributed by atoms with Crippen molar-refractivity contribution in [1.29, 1.82) is 0 Å². The van der Waals surface area contributed by atoms with Crippen LogP contribution in [0.15, 0.2) is 28.7 Å². The topological polar surface area (TPSA) is 32.3 Å². The lowest BCUT2D eigenvalue weighted by Crippen LogP contribution is -2.62. The molecular weight excluding hydrogens is 364 g/mol. The average molecular weight is 395 g/mol. The minimum Gasteiger partial charge on any atom is -0.336 e. The van der Waals surface area contributed by atoms with E-state index in [4.69, 9.17) is 0 Å². The van der Waals surface area contributed by atoms with Crippen molar-refractivity contribution < 1.29 is 4.79 Å². The Bertz CT molecular complexity index is 550. The maximum absolute atomic E-state index is 13.2. The van der Waals surface area contributed by atoms with E-state index in [-0.39, 0.29) is 23.0 Å². The van der Waals surface area contributed by atoms with Crippen molar-refractivity contribution >= 4 is 21.8 Å². The Hall–Kier alpha value is -0.870. The fourth-order valence-electron chi connectivity index (χ4n) is 4.03. The Morgan fingerprint density at radius 1 is 1.17 bits per heavy atom. The van der Waals surface area contributed by atoms with E-state index in [1.807, 2.05) is 24.3 Å². The van der Waals surface area contributed by atoms with E-state index in [0.717, 1.165) is 42.3 Å². The highest BCUT2D eigenvalue weighted by Crippen LogP contribution is 2.32. The summed E-state index contributed by atoms with van der Waals surface area (Å²) in [7, 11) is 0. The summed E-state index contributed by atoms with van der Waals surface area (Å²) in [5, 5.41) is 3.71. The molecule has 0 aromatic heterocycles. The number of hydrogen-bond acceptors (Lipinski definition) is 2. The molecule has 1 aromatic rings. The SMILES string of the molecule is CCCCN(C(=O)c1ccc(Br)cc1)C1CC(C)(C)NC(C)(C)C1. The van der Waals surface area contributed by atoms with Gasteiger partial charge < -0.3 is 10.2 Å². The van der Waals surface area contributed by atoms with Gasteiger partial charge in [0.2, 0.25) is 0 Å². The summed E-state index contributed by atoms with van der Waals surface area (Å²) >= 11 is 3.45. The first-order valence-corrected chi connectivity index (χ1v) is 9.79. The number of benzene rings is 1. The molecule has 1 aliphatic heterocycles. The highest BCUT2D eigenvalue weighted by Gasteiger charge is 2.41. The lowest BCUT2D eigenvalue weighted by Gasteiger charge is -2.49. The lowest BCUT2D eigenvalue weighted by atomic mass is 9.78. The summed E-state index contributed by atoms with van der Waals surface area (Å²) in [5.74, 6) is 0.162. The number of nitrogens with zero attached hydrogens (tertiary/aromatic N) is 1. The van der Waals surface area contributed by atoms with Crippen LogP contribution in [0, 0.1) is 0 Å². The van der Waals surface area contributed by atoms with Gasteiger partial charge in [-0.1, -0.05) is 29.3 Å². The summed E-state index contributed by atoms with van der Waals surface area (Å²) in [6, 6.07) is 8.01. The molecule has 0 bridgehead atoms. The van der Waals surface area contributed by atoms with Crippen LogP contribution in [-0.2, 0) is 0 Å². The number of amides is 1. The minimum atomic E-state index is 0.0386.